The van der Waals surface area contributed by atoms with Crippen LogP contribution in [0.5, 0.6) is 0 Å². The first-order valence-electron chi connectivity index (χ1n) is 5.86. The van der Waals surface area contributed by atoms with Gasteiger partial charge in [-0.15, -0.1) is 0 Å². The van der Waals surface area contributed by atoms with Crippen molar-refractivity contribution >= 4 is 31.5 Å². The summed E-state index contributed by atoms with van der Waals surface area (Å²) in [6, 6.07) is 2.78. The second-order valence-electron chi connectivity index (χ2n) is 4.67. The van der Waals surface area contributed by atoms with Crippen LogP contribution in [0.25, 0.3) is 0 Å². The maximum atomic E-state index is 13.5. The van der Waals surface area contributed by atoms with Crippen molar-refractivity contribution in [2.24, 2.45) is 0 Å². The molecule has 0 radical (unpaired) electrons. The van der Waals surface area contributed by atoms with E-state index in [-0.39, 0.29) is 17.9 Å². The zero-order valence-electron chi connectivity index (χ0n) is 10.6. The van der Waals surface area contributed by atoms with Crippen molar-refractivity contribution < 1.29 is 31.1 Å². The van der Waals surface area contributed by atoms with Gasteiger partial charge in [-0.25, -0.2) is 26.0 Å². The van der Waals surface area contributed by atoms with E-state index in [1.165, 1.54) is 0 Å². The van der Waals surface area contributed by atoms with Gasteiger partial charge in [0.05, 0.1) is 28.0 Å². The Morgan fingerprint density at radius 2 is 2.05 bits per heavy atom. The van der Waals surface area contributed by atoms with Crippen molar-refractivity contribution in [1.82, 2.24) is 0 Å². The molecule has 1 saturated heterocycles. The number of carboxylic acid groups (broad SMARTS) is 1. The predicted octanol–water partition coefficient (Wildman–Crippen LogP) is 0.453. The fourth-order valence-corrected chi connectivity index (χ4v) is 6.09. The van der Waals surface area contributed by atoms with E-state index in [4.69, 9.17) is 5.11 Å². The van der Waals surface area contributed by atoms with Crippen LogP contribution in [0.3, 0.4) is 0 Å². The zero-order chi connectivity index (χ0) is 15.8. The maximum Gasteiger partial charge on any atom is 0.338 e. The Kier molecular flexibility index (Phi) is 3.93. The van der Waals surface area contributed by atoms with E-state index >= 15 is 0 Å². The molecule has 1 heterocycles. The summed E-state index contributed by atoms with van der Waals surface area (Å²) in [5, 5.41) is 7.58. The van der Waals surface area contributed by atoms with Crippen molar-refractivity contribution in [3.8, 4) is 0 Å². The van der Waals surface area contributed by atoms with Crippen LogP contribution in [0.2, 0.25) is 0 Å². The average molecular weight is 337 g/mol. The molecule has 1 atom stereocenters. The summed E-state index contributed by atoms with van der Waals surface area (Å²) in [5.41, 5.74) is -0.733. The Bertz CT molecular complexity index is 787. The molecular formula is C11H12FNO6S2. The van der Waals surface area contributed by atoms with E-state index in [1.807, 2.05) is 0 Å². The first kappa shape index (κ1) is 15.7. The van der Waals surface area contributed by atoms with Crippen molar-refractivity contribution in [2.75, 3.05) is 16.2 Å². The smallest absolute Gasteiger partial charge is 0.338 e. The molecular weight excluding hydrogens is 325 g/mol. The number of hydrogen-bond donors (Lipinski definition) is 2. The molecule has 0 spiro atoms. The van der Waals surface area contributed by atoms with Crippen molar-refractivity contribution in [2.45, 2.75) is 11.7 Å². The number of hydrogen-bond acceptors (Lipinski definition) is 5. The van der Waals surface area contributed by atoms with Gasteiger partial charge in [-0.1, -0.05) is 0 Å². The summed E-state index contributed by atoms with van der Waals surface area (Å²) >= 11 is 0. The lowest BCUT2D eigenvalue weighted by molar-refractivity contribution is 0.0692. The molecule has 1 fully saturated rings. The van der Waals surface area contributed by atoms with Gasteiger partial charge >= 0.3 is 5.97 Å². The van der Waals surface area contributed by atoms with Crippen molar-refractivity contribution in [3.63, 3.8) is 0 Å². The largest absolute Gasteiger partial charge is 0.478 e. The van der Waals surface area contributed by atoms with Crippen molar-refractivity contribution in [3.05, 3.63) is 29.6 Å². The second-order valence-corrected chi connectivity index (χ2v) is 8.86. The highest BCUT2D eigenvalue weighted by Crippen LogP contribution is 2.22. The lowest BCUT2D eigenvalue weighted by Crippen LogP contribution is -2.28. The van der Waals surface area contributed by atoms with E-state index in [0.717, 1.165) is 18.2 Å². The zero-order valence-corrected chi connectivity index (χ0v) is 12.2. The Hall–Kier alpha value is -1.68. The molecule has 0 saturated carbocycles. The van der Waals surface area contributed by atoms with Crippen LogP contribution in [0.4, 0.5) is 10.1 Å². The van der Waals surface area contributed by atoms with Crippen molar-refractivity contribution in [1.29, 1.82) is 0 Å². The van der Waals surface area contributed by atoms with Crippen LogP contribution in [0.1, 0.15) is 16.8 Å². The minimum atomic E-state index is -3.98. The van der Waals surface area contributed by atoms with Gasteiger partial charge in [0.25, 0.3) is 0 Å². The van der Waals surface area contributed by atoms with Gasteiger partial charge in [-0.3, -0.25) is 4.72 Å². The molecule has 0 bridgehead atoms. The maximum absolute atomic E-state index is 13.5. The highest BCUT2D eigenvalue weighted by molar-refractivity contribution is 7.97. The minimum Gasteiger partial charge on any atom is -0.478 e. The van der Waals surface area contributed by atoms with E-state index in [9.17, 15) is 26.0 Å². The van der Waals surface area contributed by atoms with E-state index in [1.54, 1.807) is 0 Å². The fourth-order valence-electron chi connectivity index (χ4n) is 2.01. The van der Waals surface area contributed by atoms with Gasteiger partial charge in [-0.05, 0) is 24.6 Å². The van der Waals surface area contributed by atoms with Crippen LogP contribution < -0.4 is 4.72 Å². The van der Waals surface area contributed by atoms with Gasteiger partial charge in [0.2, 0.25) is 10.0 Å². The van der Waals surface area contributed by atoms with Gasteiger partial charge in [0, 0.05) is 0 Å². The molecule has 2 N–H and O–H groups in total. The predicted molar refractivity (Wildman–Crippen MR) is 73.0 cm³/mol. The Labute approximate surface area is 120 Å². The Morgan fingerprint density at radius 3 is 2.52 bits per heavy atom. The molecule has 0 aromatic heterocycles. The van der Waals surface area contributed by atoms with Gasteiger partial charge in [-0.2, -0.15) is 0 Å². The number of sulfonamides is 1. The standard InChI is InChI=1S/C11H12FNO6S2/c12-10-5-7(1-2-9(10)11(14)15)13-21(18,19)8-3-4-20(16,17)6-8/h1-2,5,8,13H,3-4,6H2,(H,14,15). The van der Waals surface area contributed by atoms with Crippen LogP contribution in [-0.2, 0) is 19.9 Å². The number of halogens is 1. The molecule has 0 aliphatic carbocycles. The number of benzene rings is 1. The van der Waals surface area contributed by atoms with E-state index in [0.29, 0.717) is 0 Å². The number of anilines is 1. The molecule has 1 aliphatic heterocycles. The molecule has 10 heteroatoms. The molecule has 116 valence electrons. The van der Waals surface area contributed by atoms with Gasteiger partial charge in [0.1, 0.15) is 5.82 Å². The third-order valence-electron chi connectivity index (χ3n) is 3.09. The molecule has 2 rings (SSSR count). The minimum absolute atomic E-state index is 0.0205. The fraction of sp³-hybridized carbons (Fsp3) is 0.364. The van der Waals surface area contributed by atoms with E-state index in [2.05, 4.69) is 4.72 Å². The van der Waals surface area contributed by atoms with Crippen LogP contribution >= 0.6 is 0 Å². The number of carboxylic acids is 1. The lowest BCUT2D eigenvalue weighted by atomic mass is 10.2. The average Bonchev–Trinajstić information content (AvgIpc) is 2.69. The first-order valence-corrected chi connectivity index (χ1v) is 9.22. The summed E-state index contributed by atoms with van der Waals surface area (Å²) < 4.78 is 62.1. The molecule has 1 aliphatic rings. The summed E-state index contributed by atoms with van der Waals surface area (Å²) in [6.45, 7) is 0. The van der Waals surface area contributed by atoms with Crippen LogP contribution in [-0.4, -0.2) is 44.7 Å². The topological polar surface area (TPSA) is 118 Å². The number of sulfone groups is 1. The third-order valence-corrected chi connectivity index (χ3v) is 6.87. The summed E-state index contributed by atoms with van der Waals surface area (Å²) in [6.07, 6.45) is -0.0205. The first-order chi connectivity index (χ1) is 9.61. The number of carbonyl (C=O) groups is 1. The van der Waals surface area contributed by atoms with Crippen LogP contribution in [0.15, 0.2) is 18.2 Å². The molecule has 1 aromatic rings. The Balaban J connectivity index is 2.22. The highest BCUT2D eigenvalue weighted by atomic mass is 32.2. The monoisotopic (exact) mass is 337 g/mol. The van der Waals surface area contributed by atoms with E-state index < -0.39 is 48.2 Å². The third kappa shape index (κ3) is 3.50. The number of rotatable bonds is 4. The molecule has 0 amide bonds. The quantitative estimate of drug-likeness (QED) is 0.824. The number of aromatic carboxylic acids is 1. The Morgan fingerprint density at radius 1 is 1.38 bits per heavy atom. The normalized spacial score (nSPS) is 21.1. The summed E-state index contributed by atoms with van der Waals surface area (Å²) in [7, 11) is -7.35. The second kappa shape index (κ2) is 5.26. The SMILES string of the molecule is O=C(O)c1ccc(NS(=O)(=O)C2CCS(=O)(=O)C2)cc1F. The van der Waals surface area contributed by atoms with Crippen LogP contribution in [0, 0.1) is 5.82 Å². The molecule has 1 aromatic carbocycles. The lowest BCUT2D eigenvalue weighted by Gasteiger charge is -2.12. The van der Waals surface area contributed by atoms with Gasteiger partial charge < -0.3 is 5.11 Å². The summed E-state index contributed by atoms with van der Waals surface area (Å²) in [4.78, 5) is 10.7. The van der Waals surface area contributed by atoms with Gasteiger partial charge in [0.15, 0.2) is 9.84 Å². The highest BCUT2D eigenvalue weighted by Gasteiger charge is 2.37. The molecule has 21 heavy (non-hydrogen) atoms. The summed E-state index contributed by atoms with van der Waals surface area (Å²) in [5.74, 6) is -3.23. The number of nitrogens with one attached hydrogen (secondary N) is 1. The molecule has 7 nitrogen and oxygen atoms in total. The molecule has 1 unspecified atom stereocenters.